The molecule has 1 aromatic heterocycles. The Balaban J connectivity index is 1.62. The van der Waals surface area contributed by atoms with Gasteiger partial charge in [0.25, 0.3) is 0 Å². The van der Waals surface area contributed by atoms with Gasteiger partial charge >= 0.3 is 0 Å². The summed E-state index contributed by atoms with van der Waals surface area (Å²) >= 11 is 1.71. The minimum Gasteiger partial charge on any atom is -0.497 e. The van der Waals surface area contributed by atoms with E-state index in [4.69, 9.17) is 14.2 Å². The molecular weight excluding hydrogens is 372 g/mol. The molecule has 6 heteroatoms. The first kappa shape index (κ1) is 17.2. The SMILES string of the molecule is COc1cccc(C2Oc3c(OC)cccc3C3C=C(c4cccs4)NN32)c1. The van der Waals surface area contributed by atoms with Crippen LogP contribution in [-0.4, -0.2) is 19.2 Å². The molecule has 0 fully saturated rings. The van der Waals surface area contributed by atoms with E-state index in [2.05, 4.69) is 46.2 Å². The van der Waals surface area contributed by atoms with Crippen LogP contribution in [-0.2, 0) is 0 Å². The van der Waals surface area contributed by atoms with Crippen molar-refractivity contribution in [1.29, 1.82) is 0 Å². The number of hydrazine groups is 1. The second-order valence-corrected chi connectivity index (χ2v) is 7.59. The van der Waals surface area contributed by atoms with Gasteiger partial charge in [-0.15, -0.1) is 11.3 Å². The Hall–Kier alpha value is -2.96. The average molecular weight is 392 g/mol. The van der Waals surface area contributed by atoms with E-state index in [-0.39, 0.29) is 12.3 Å². The molecule has 0 bridgehead atoms. The van der Waals surface area contributed by atoms with Gasteiger partial charge < -0.3 is 19.6 Å². The first-order chi connectivity index (χ1) is 13.8. The van der Waals surface area contributed by atoms with E-state index in [1.165, 1.54) is 4.88 Å². The van der Waals surface area contributed by atoms with Gasteiger partial charge in [-0.05, 0) is 35.7 Å². The molecule has 142 valence electrons. The van der Waals surface area contributed by atoms with E-state index < -0.39 is 0 Å². The van der Waals surface area contributed by atoms with Gasteiger partial charge in [-0.3, -0.25) is 0 Å². The number of nitrogens with one attached hydrogen (secondary N) is 1. The largest absolute Gasteiger partial charge is 0.497 e. The second kappa shape index (κ2) is 6.89. The van der Waals surface area contributed by atoms with E-state index in [1.807, 2.05) is 30.3 Å². The third-order valence-corrected chi connectivity index (χ3v) is 5.97. The van der Waals surface area contributed by atoms with Crippen LogP contribution in [0.5, 0.6) is 17.2 Å². The zero-order valence-electron chi connectivity index (χ0n) is 15.6. The van der Waals surface area contributed by atoms with Crippen molar-refractivity contribution >= 4 is 17.0 Å². The molecule has 2 atom stereocenters. The molecule has 5 nitrogen and oxygen atoms in total. The van der Waals surface area contributed by atoms with E-state index in [0.717, 1.165) is 34.1 Å². The van der Waals surface area contributed by atoms with Gasteiger partial charge in [-0.25, -0.2) is 0 Å². The summed E-state index contributed by atoms with van der Waals surface area (Å²) in [5.74, 6) is 2.32. The smallest absolute Gasteiger partial charge is 0.196 e. The molecule has 3 heterocycles. The summed E-state index contributed by atoms with van der Waals surface area (Å²) in [5.41, 5.74) is 6.74. The minimum absolute atomic E-state index is 0.0344. The van der Waals surface area contributed by atoms with Crippen molar-refractivity contribution in [3.05, 3.63) is 82.1 Å². The monoisotopic (exact) mass is 392 g/mol. The molecule has 2 aliphatic heterocycles. The highest BCUT2D eigenvalue weighted by Crippen LogP contribution is 2.49. The van der Waals surface area contributed by atoms with Crippen molar-refractivity contribution in [3.63, 3.8) is 0 Å². The number of ether oxygens (including phenoxy) is 3. The Bertz CT molecular complexity index is 1030. The van der Waals surface area contributed by atoms with Crippen molar-refractivity contribution in [2.24, 2.45) is 0 Å². The second-order valence-electron chi connectivity index (χ2n) is 6.65. The Morgan fingerprint density at radius 3 is 2.71 bits per heavy atom. The van der Waals surface area contributed by atoms with Crippen LogP contribution in [0.4, 0.5) is 0 Å². The van der Waals surface area contributed by atoms with Gasteiger partial charge in [0.05, 0.1) is 30.8 Å². The van der Waals surface area contributed by atoms with Crippen molar-refractivity contribution in [2.45, 2.75) is 12.3 Å². The molecule has 0 saturated carbocycles. The third-order valence-electron chi connectivity index (χ3n) is 5.07. The lowest BCUT2D eigenvalue weighted by atomic mass is 10.0. The van der Waals surface area contributed by atoms with Crippen LogP contribution in [0.25, 0.3) is 5.70 Å². The number of thiophene rings is 1. The van der Waals surface area contributed by atoms with E-state index in [0.29, 0.717) is 0 Å². The quantitative estimate of drug-likeness (QED) is 0.694. The van der Waals surface area contributed by atoms with Crippen LogP contribution in [0.2, 0.25) is 0 Å². The fourth-order valence-corrected chi connectivity index (χ4v) is 4.44. The Labute approximate surface area is 167 Å². The lowest BCUT2D eigenvalue weighted by Gasteiger charge is -2.39. The van der Waals surface area contributed by atoms with Gasteiger partial charge in [0.2, 0.25) is 0 Å². The third kappa shape index (κ3) is 2.73. The molecule has 0 radical (unpaired) electrons. The Kier molecular flexibility index (Phi) is 4.22. The van der Waals surface area contributed by atoms with Gasteiger partial charge in [0.1, 0.15) is 5.75 Å². The molecule has 2 unspecified atom stereocenters. The van der Waals surface area contributed by atoms with Crippen LogP contribution in [0.3, 0.4) is 0 Å². The number of benzene rings is 2. The summed E-state index contributed by atoms with van der Waals surface area (Å²) in [7, 11) is 3.35. The molecule has 1 N–H and O–H groups in total. The van der Waals surface area contributed by atoms with Crippen molar-refractivity contribution in [2.75, 3.05) is 14.2 Å². The van der Waals surface area contributed by atoms with E-state index in [1.54, 1.807) is 25.6 Å². The molecule has 28 heavy (non-hydrogen) atoms. The maximum atomic E-state index is 6.47. The zero-order valence-corrected chi connectivity index (χ0v) is 16.4. The van der Waals surface area contributed by atoms with Crippen LogP contribution < -0.4 is 19.6 Å². The lowest BCUT2D eigenvalue weighted by Crippen LogP contribution is -2.43. The number of rotatable bonds is 4. The molecule has 5 rings (SSSR count). The average Bonchev–Trinajstić information content (AvgIpc) is 3.42. The molecule has 0 aliphatic carbocycles. The highest BCUT2D eigenvalue weighted by molar-refractivity contribution is 7.11. The van der Waals surface area contributed by atoms with Crippen LogP contribution in [0.1, 0.15) is 28.3 Å². The molecule has 2 aliphatic rings. The topological polar surface area (TPSA) is 43.0 Å². The molecule has 0 saturated heterocycles. The summed E-state index contributed by atoms with van der Waals surface area (Å²) in [6, 6.07) is 18.2. The maximum absolute atomic E-state index is 6.47. The van der Waals surface area contributed by atoms with Gasteiger partial charge in [-0.1, -0.05) is 30.3 Å². The summed E-state index contributed by atoms with van der Waals surface area (Å²) in [6.45, 7) is 0. The van der Waals surface area contributed by atoms with Crippen molar-refractivity contribution < 1.29 is 14.2 Å². The fourth-order valence-electron chi connectivity index (χ4n) is 3.74. The number of fused-ring (bicyclic) bond motifs is 3. The Morgan fingerprint density at radius 2 is 1.93 bits per heavy atom. The summed E-state index contributed by atoms with van der Waals surface area (Å²) in [5, 5.41) is 4.23. The molecule has 3 aromatic rings. The summed E-state index contributed by atoms with van der Waals surface area (Å²) < 4.78 is 17.5. The lowest BCUT2D eigenvalue weighted by molar-refractivity contribution is -0.0343. The highest BCUT2D eigenvalue weighted by atomic mass is 32.1. The van der Waals surface area contributed by atoms with Crippen molar-refractivity contribution in [1.82, 2.24) is 10.4 Å². The zero-order chi connectivity index (χ0) is 19.1. The van der Waals surface area contributed by atoms with Crippen LogP contribution in [0.15, 0.2) is 66.1 Å². The number of hydrogen-bond donors (Lipinski definition) is 1. The maximum Gasteiger partial charge on any atom is 0.196 e. The highest BCUT2D eigenvalue weighted by Gasteiger charge is 2.41. The molecule has 0 amide bonds. The number of methoxy groups -OCH3 is 2. The van der Waals surface area contributed by atoms with Gasteiger partial charge in [-0.2, -0.15) is 5.01 Å². The first-order valence-corrected chi connectivity index (χ1v) is 9.94. The normalized spacial score (nSPS) is 20.4. The molecule has 2 aromatic carbocycles. The number of nitrogens with zero attached hydrogens (tertiary/aromatic N) is 1. The van der Waals surface area contributed by atoms with Crippen LogP contribution >= 0.6 is 11.3 Å². The predicted octanol–water partition coefficient (Wildman–Crippen LogP) is 4.76. The predicted molar refractivity (Wildman–Crippen MR) is 109 cm³/mol. The van der Waals surface area contributed by atoms with E-state index in [9.17, 15) is 0 Å². The Morgan fingerprint density at radius 1 is 1.04 bits per heavy atom. The van der Waals surface area contributed by atoms with Gasteiger partial charge in [0, 0.05) is 11.1 Å². The summed E-state index contributed by atoms with van der Waals surface area (Å²) in [4.78, 5) is 1.20. The number of para-hydroxylation sites is 1. The fraction of sp³-hybridized carbons (Fsp3) is 0.182. The number of hydrogen-bond acceptors (Lipinski definition) is 6. The first-order valence-electron chi connectivity index (χ1n) is 9.06. The standard InChI is InChI=1S/C22H20N2O3S/c1-25-15-7-3-6-14(12-15)22-24-18(13-17(23-24)20-10-5-11-28-20)16-8-4-9-19(26-2)21(16)27-22/h3-13,18,22-23H,1-2H3. The van der Waals surface area contributed by atoms with Crippen LogP contribution in [0, 0.1) is 0 Å². The minimum atomic E-state index is -0.322. The van der Waals surface area contributed by atoms with Crippen molar-refractivity contribution in [3.8, 4) is 17.2 Å². The van der Waals surface area contributed by atoms with Gasteiger partial charge in [0.15, 0.2) is 17.7 Å². The molecular formula is C22H20N2O3S. The summed E-state index contributed by atoms with van der Waals surface area (Å²) in [6.07, 6.45) is 1.93. The molecule has 0 spiro atoms. The van der Waals surface area contributed by atoms with E-state index >= 15 is 0 Å².